The van der Waals surface area contributed by atoms with Gasteiger partial charge in [0.2, 0.25) is 0 Å². The van der Waals surface area contributed by atoms with Gasteiger partial charge in [-0.1, -0.05) is 18.2 Å². The Morgan fingerprint density at radius 1 is 1.24 bits per heavy atom. The number of hydrogen-bond donors (Lipinski definition) is 0. The normalized spacial score (nSPS) is 11.6. The fourth-order valence-electron chi connectivity index (χ4n) is 1.42. The average Bonchev–Trinajstić information content (AvgIpc) is 2.73. The molecule has 1 aromatic carbocycles. The van der Waals surface area contributed by atoms with Gasteiger partial charge in [0.25, 0.3) is 0 Å². The van der Waals surface area contributed by atoms with E-state index in [4.69, 9.17) is 0 Å². The molecule has 2 aromatic rings. The summed E-state index contributed by atoms with van der Waals surface area (Å²) in [6, 6.07) is 5.90. The van der Waals surface area contributed by atoms with Crippen molar-refractivity contribution in [3.63, 3.8) is 0 Å². The van der Waals surface area contributed by atoms with E-state index in [-0.39, 0.29) is 17.1 Å². The lowest BCUT2D eigenvalue weighted by atomic mass is 10.2. The van der Waals surface area contributed by atoms with Crippen LogP contribution in [0.4, 0.5) is 4.39 Å². The highest BCUT2D eigenvalue weighted by Gasteiger charge is 2.16. The van der Waals surface area contributed by atoms with Crippen LogP contribution in [0.2, 0.25) is 0 Å². The van der Waals surface area contributed by atoms with Crippen LogP contribution in [0.3, 0.4) is 0 Å². The van der Waals surface area contributed by atoms with E-state index in [1.54, 1.807) is 17.6 Å². The summed E-state index contributed by atoms with van der Waals surface area (Å²) in [5, 5.41) is 2.25. The van der Waals surface area contributed by atoms with Gasteiger partial charge < -0.3 is 0 Å². The van der Waals surface area contributed by atoms with Crippen molar-refractivity contribution in [2.24, 2.45) is 0 Å². The van der Waals surface area contributed by atoms with Crippen LogP contribution in [0.1, 0.15) is 10.6 Å². The molecule has 0 aliphatic heterocycles. The molecule has 0 aliphatic rings. The summed E-state index contributed by atoms with van der Waals surface area (Å²) in [4.78, 5) is 3.91. The Balaban J connectivity index is 2.16. The molecule has 0 atom stereocenters. The van der Waals surface area contributed by atoms with Crippen molar-refractivity contribution in [3.8, 4) is 0 Å². The molecule has 1 aromatic heterocycles. The Labute approximate surface area is 103 Å². The van der Waals surface area contributed by atoms with Gasteiger partial charge in [-0.15, -0.1) is 11.3 Å². The number of rotatable bonds is 4. The Morgan fingerprint density at radius 2 is 2.00 bits per heavy atom. The molecule has 0 saturated carbocycles. The summed E-state index contributed by atoms with van der Waals surface area (Å²) in [6.45, 7) is 0. The lowest BCUT2D eigenvalue weighted by Gasteiger charge is -2.03. The smallest absolute Gasteiger partial charge is 0.161 e. The predicted molar refractivity (Wildman–Crippen MR) is 64.8 cm³/mol. The first-order valence-corrected chi connectivity index (χ1v) is 7.59. The molecule has 0 radical (unpaired) electrons. The zero-order valence-corrected chi connectivity index (χ0v) is 10.5. The molecule has 0 aliphatic carbocycles. The summed E-state index contributed by atoms with van der Waals surface area (Å²) in [5.41, 5.74) is 0.198. The van der Waals surface area contributed by atoms with Gasteiger partial charge in [-0.3, -0.25) is 0 Å². The zero-order chi connectivity index (χ0) is 12.3. The molecule has 0 N–H and O–H groups in total. The monoisotopic (exact) mass is 271 g/mol. The Kier molecular flexibility index (Phi) is 3.54. The molecule has 0 bridgehead atoms. The molecular weight excluding hydrogens is 261 g/mol. The van der Waals surface area contributed by atoms with E-state index < -0.39 is 15.7 Å². The van der Waals surface area contributed by atoms with Crippen molar-refractivity contribution in [2.75, 3.05) is 0 Å². The molecular formula is C11H10FNO2S2. The number of thiazole rings is 1. The highest BCUT2D eigenvalue weighted by atomic mass is 32.2. The van der Waals surface area contributed by atoms with Crippen molar-refractivity contribution >= 4 is 21.2 Å². The molecule has 0 spiro atoms. The number of sulfone groups is 1. The minimum Gasteiger partial charge on any atom is -0.249 e. The van der Waals surface area contributed by atoms with E-state index in [0.29, 0.717) is 5.01 Å². The van der Waals surface area contributed by atoms with Gasteiger partial charge in [-0.05, 0) is 6.07 Å². The molecule has 0 amide bonds. The number of nitrogens with zero attached hydrogens (tertiary/aromatic N) is 1. The van der Waals surface area contributed by atoms with Crippen molar-refractivity contribution in [2.45, 2.75) is 11.5 Å². The molecule has 0 fully saturated rings. The van der Waals surface area contributed by atoms with Crippen LogP contribution in [0.5, 0.6) is 0 Å². The zero-order valence-electron chi connectivity index (χ0n) is 8.84. The fraction of sp³-hybridized carbons (Fsp3) is 0.182. The second-order valence-corrected chi connectivity index (χ2v) is 6.59. The van der Waals surface area contributed by atoms with Crippen LogP contribution in [0.25, 0.3) is 0 Å². The van der Waals surface area contributed by atoms with Gasteiger partial charge in [0.05, 0.1) is 5.75 Å². The number of aromatic nitrogens is 1. The first kappa shape index (κ1) is 12.2. The van der Waals surface area contributed by atoms with E-state index in [9.17, 15) is 12.8 Å². The lowest BCUT2D eigenvalue weighted by molar-refractivity contribution is 0.586. The average molecular weight is 271 g/mol. The second kappa shape index (κ2) is 4.93. The highest BCUT2D eigenvalue weighted by molar-refractivity contribution is 7.89. The van der Waals surface area contributed by atoms with E-state index in [1.807, 2.05) is 0 Å². The predicted octanol–water partition coefficient (Wildman–Crippen LogP) is 2.40. The van der Waals surface area contributed by atoms with Crippen LogP contribution in [-0.2, 0) is 21.3 Å². The summed E-state index contributed by atoms with van der Waals surface area (Å²) in [5.74, 6) is -0.923. The van der Waals surface area contributed by atoms with E-state index in [2.05, 4.69) is 4.98 Å². The minimum absolute atomic E-state index is 0.140. The number of benzene rings is 1. The third-order valence-corrected chi connectivity index (χ3v) is 4.59. The molecule has 90 valence electrons. The largest absolute Gasteiger partial charge is 0.249 e. The molecule has 3 nitrogen and oxygen atoms in total. The highest BCUT2D eigenvalue weighted by Crippen LogP contribution is 2.16. The maximum atomic E-state index is 13.3. The van der Waals surface area contributed by atoms with Gasteiger partial charge >= 0.3 is 0 Å². The number of hydrogen-bond acceptors (Lipinski definition) is 4. The van der Waals surface area contributed by atoms with Crippen LogP contribution in [0.15, 0.2) is 35.8 Å². The maximum absolute atomic E-state index is 13.3. The van der Waals surface area contributed by atoms with E-state index in [1.165, 1.54) is 29.5 Å². The van der Waals surface area contributed by atoms with Gasteiger partial charge in [0, 0.05) is 17.1 Å². The van der Waals surface area contributed by atoms with E-state index >= 15 is 0 Å². The molecule has 0 unspecified atom stereocenters. The number of halogens is 1. The topological polar surface area (TPSA) is 47.0 Å². The molecule has 17 heavy (non-hydrogen) atoms. The van der Waals surface area contributed by atoms with Crippen LogP contribution in [-0.4, -0.2) is 13.4 Å². The molecule has 2 rings (SSSR count). The van der Waals surface area contributed by atoms with Crippen molar-refractivity contribution in [3.05, 3.63) is 52.2 Å². The fourth-order valence-corrected chi connectivity index (χ4v) is 3.89. The third-order valence-electron chi connectivity index (χ3n) is 2.16. The molecule has 0 saturated heterocycles. The third kappa shape index (κ3) is 3.34. The minimum atomic E-state index is -3.37. The first-order valence-electron chi connectivity index (χ1n) is 4.89. The SMILES string of the molecule is O=S(=O)(Cc1nccs1)Cc1ccccc1F. The van der Waals surface area contributed by atoms with Crippen LogP contribution in [0, 0.1) is 5.82 Å². The second-order valence-electron chi connectivity index (χ2n) is 3.55. The Hall–Kier alpha value is -1.27. The Morgan fingerprint density at radius 3 is 2.65 bits per heavy atom. The molecule has 6 heteroatoms. The molecule has 1 heterocycles. The van der Waals surface area contributed by atoms with Gasteiger partial charge in [0.1, 0.15) is 16.6 Å². The Bertz CT molecular complexity index is 594. The summed E-state index contributed by atoms with van der Waals surface area (Å²) < 4.78 is 37.0. The van der Waals surface area contributed by atoms with Gasteiger partial charge in [-0.25, -0.2) is 17.8 Å². The van der Waals surface area contributed by atoms with Gasteiger partial charge in [-0.2, -0.15) is 0 Å². The summed E-state index contributed by atoms with van der Waals surface area (Å²) in [6.07, 6.45) is 1.55. The van der Waals surface area contributed by atoms with Crippen molar-refractivity contribution in [1.82, 2.24) is 4.98 Å². The standard InChI is InChI=1S/C11H10FNO2S2/c12-10-4-2-1-3-9(10)7-17(14,15)8-11-13-5-6-16-11/h1-6H,7-8H2. The summed E-state index contributed by atoms with van der Waals surface area (Å²) in [7, 11) is -3.37. The maximum Gasteiger partial charge on any atom is 0.161 e. The quantitative estimate of drug-likeness (QED) is 0.858. The van der Waals surface area contributed by atoms with Crippen LogP contribution >= 0.6 is 11.3 Å². The first-order chi connectivity index (χ1) is 8.07. The lowest BCUT2D eigenvalue weighted by Crippen LogP contribution is -2.08. The van der Waals surface area contributed by atoms with E-state index in [0.717, 1.165) is 0 Å². The van der Waals surface area contributed by atoms with Crippen molar-refractivity contribution < 1.29 is 12.8 Å². The van der Waals surface area contributed by atoms with Crippen molar-refractivity contribution in [1.29, 1.82) is 0 Å². The summed E-state index contributed by atoms with van der Waals surface area (Å²) >= 11 is 1.28. The van der Waals surface area contributed by atoms with Crippen LogP contribution < -0.4 is 0 Å². The van der Waals surface area contributed by atoms with Gasteiger partial charge in [0.15, 0.2) is 9.84 Å².